The number of methoxy groups -OCH3 is 1. The fourth-order valence-electron chi connectivity index (χ4n) is 3.90. The lowest BCUT2D eigenvalue weighted by Gasteiger charge is -2.43. The topological polar surface area (TPSA) is 67.7 Å². The smallest absolute Gasteiger partial charge is 0.246 e. The summed E-state index contributed by atoms with van der Waals surface area (Å²) in [4.78, 5) is 9.20. The third-order valence-electron chi connectivity index (χ3n) is 5.78. The van der Waals surface area contributed by atoms with Crippen LogP contribution in [0.15, 0.2) is 48.8 Å². The van der Waals surface area contributed by atoms with Crippen LogP contribution in [0.1, 0.15) is 0 Å². The van der Waals surface area contributed by atoms with E-state index in [9.17, 15) is 4.39 Å². The van der Waals surface area contributed by atoms with E-state index in [0.717, 1.165) is 62.2 Å². The largest absolute Gasteiger partial charge is 0.497 e. The lowest BCUT2D eigenvalue weighted by atomic mass is 10.1. The predicted molar refractivity (Wildman–Crippen MR) is 116 cm³/mol. The lowest BCUT2D eigenvalue weighted by Crippen LogP contribution is -2.56. The third-order valence-corrected chi connectivity index (χ3v) is 5.78. The highest BCUT2D eigenvalue weighted by atomic mass is 19.1. The van der Waals surface area contributed by atoms with Crippen LogP contribution in [0.25, 0.3) is 5.69 Å². The number of rotatable bonds is 6. The highest BCUT2D eigenvalue weighted by Gasteiger charge is 2.29. The molecule has 162 valence electrons. The van der Waals surface area contributed by atoms with Gasteiger partial charge in [0, 0.05) is 49.7 Å². The average molecular weight is 424 g/mol. The van der Waals surface area contributed by atoms with Gasteiger partial charge in [-0.2, -0.15) is 4.98 Å². The van der Waals surface area contributed by atoms with Crippen LogP contribution < -0.4 is 15.0 Å². The maximum absolute atomic E-state index is 13.2. The SMILES string of the molecule is COc1cc(Nc2ncn(-c3ccc(F)cc3)n2)cc(N2CCN(C3COC3)CC2)c1. The fourth-order valence-corrected chi connectivity index (χ4v) is 3.90. The summed E-state index contributed by atoms with van der Waals surface area (Å²) in [5.74, 6) is 0.944. The minimum absolute atomic E-state index is 0.284. The van der Waals surface area contributed by atoms with Crippen molar-refractivity contribution in [3.05, 3.63) is 54.6 Å². The van der Waals surface area contributed by atoms with E-state index in [0.29, 0.717) is 12.0 Å². The molecular formula is C22H25FN6O2. The third kappa shape index (κ3) is 4.33. The van der Waals surface area contributed by atoms with Crippen LogP contribution in [0.5, 0.6) is 5.75 Å². The van der Waals surface area contributed by atoms with E-state index >= 15 is 0 Å². The van der Waals surface area contributed by atoms with Crippen LogP contribution in [-0.2, 0) is 4.74 Å². The van der Waals surface area contributed by atoms with Crippen molar-refractivity contribution in [1.29, 1.82) is 0 Å². The molecule has 0 saturated carbocycles. The molecule has 0 spiro atoms. The van der Waals surface area contributed by atoms with Crippen molar-refractivity contribution in [2.75, 3.05) is 56.7 Å². The van der Waals surface area contributed by atoms with Crippen LogP contribution in [0.4, 0.5) is 21.7 Å². The standard InChI is InChI=1S/C22H25FN6O2/c1-30-21-11-17(25-22-24-15-29(26-22)18-4-2-16(23)3-5-18)10-19(12-21)27-6-8-28(9-7-27)20-13-31-14-20/h2-5,10-12,15,20H,6-9,13-14H2,1H3,(H,25,26). The first-order chi connectivity index (χ1) is 15.2. The molecule has 2 aromatic carbocycles. The van der Waals surface area contributed by atoms with Gasteiger partial charge in [0.05, 0.1) is 32.1 Å². The minimum atomic E-state index is -0.284. The monoisotopic (exact) mass is 424 g/mol. The number of piperazine rings is 1. The molecule has 2 saturated heterocycles. The van der Waals surface area contributed by atoms with E-state index in [1.54, 1.807) is 30.3 Å². The molecule has 5 rings (SSSR count). The molecule has 2 aliphatic heterocycles. The van der Waals surface area contributed by atoms with Crippen molar-refractivity contribution in [3.63, 3.8) is 0 Å². The molecule has 0 radical (unpaired) electrons. The Bertz CT molecular complexity index is 1030. The number of ether oxygens (including phenoxy) is 2. The number of hydrogen-bond acceptors (Lipinski definition) is 7. The zero-order valence-electron chi connectivity index (χ0n) is 17.4. The molecule has 8 nitrogen and oxygen atoms in total. The number of aromatic nitrogens is 3. The van der Waals surface area contributed by atoms with Crippen molar-refractivity contribution in [2.45, 2.75) is 6.04 Å². The second kappa shape index (κ2) is 8.52. The number of benzene rings is 2. The highest BCUT2D eigenvalue weighted by molar-refractivity contribution is 5.65. The first-order valence-corrected chi connectivity index (χ1v) is 10.4. The number of nitrogens with zero attached hydrogens (tertiary/aromatic N) is 5. The molecule has 2 aliphatic rings. The van der Waals surface area contributed by atoms with Crippen LogP contribution in [0.3, 0.4) is 0 Å². The van der Waals surface area contributed by atoms with Crippen molar-refractivity contribution >= 4 is 17.3 Å². The highest BCUT2D eigenvalue weighted by Crippen LogP contribution is 2.29. The second-order valence-electron chi connectivity index (χ2n) is 7.75. The van der Waals surface area contributed by atoms with E-state index in [2.05, 4.69) is 37.3 Å². The normalized spacial score (nSPS) is 17.4. The lowest BCUT2D eigenvalue weighted by molar-refractivity contribution is -0.0660. The Morgan fingerprint density at radius 3 is 2.48 bits per heavy atom. The molecule has 1 N–H and O–H groups in total. The number of halogens is 1. The van der Waals surface area contributed by atoms with Gasteiger partial charge in [-0.15, -0.1) is 5.10 Å². The van der Waals surface area contributed by atoms with E-state index in [-0.39, 0.29) is 5.82 Å². The second-order valence-corrected chi connectivity index (χ2v) is 7.75. The molecule has 3 heterocycles. The first kappa shape index (κ1) is 19.8. The Hall–Kier alpha value is -3.17. The van der Waals surface area contributed by atoms with Gasteiger partial charge in [-0.05, 0) is 30.3 Å². The van der Waals surface area contributed by atoms with Gasteiger partial charge in [0.1, 0.15) is 17.9 Å². The first-order valence-electron chi connectivity index (χ1n) is 10.4. The zero-order chi connectivity index (χ0) is 21.2. The quantitative estimate of drug-likeness (QED) is 0.653. The molecule has 1 aromatic heterocycles. The van der Waals surface area contributed by atoms with Gasteiger partial charge >= 0.3 is 0 Å². The van der Waals surface area contributed by atoms with Gasteiger partial charge in [0.15, 0.2) is 0 Å². The Morgan fingerprint density at radius 1 is 1.03 bits per heavy atom. The molecule has 0 bridgehead atoms. The van der Waals surface area contributed by atoms with Crippen molar-refractivity contribution < 1.29 is 13.9 Å². The average Bonchev–Trinajstić information content (AvgIpc) is 3.21. The van der Waals surface area contributed by atoms with Crippen molar-refractivity contribution in [1.82, 2.24) is 19.7 Å². The van der Waals surface area contributed by atoms with Crippen LogP contribution in [0.2, 0.25) is 0 Å². The summed E-state index contributed by atoms with van der Waals surface area (Å²) < 4.78 is 25.6. The summed E-state index contributed by atoms with van der Waals surface area (Å²) in [7, 11) is 1.67. The van der Waals surface area contributed by atoms with Crippen molar-refractivity contribution in [2.24, 2.45) is 0 Å². The molecule has 0 aliphatic carbocycles. The van der Waals surface area contributed by atoms with Crippen LogP contribution in [-0.4, -0.2) is 72.2 Å². The van der Waals surface area contributed by atoms with E-state index < -0.39 is 0 Å². The van der Waals surface area contributed by atoms with Crippen LogP contribution in [0, 0.1) is 5.82 Å². The van der Waals surface area contributed by atoms with Gasteiger partial charge in [0.25, 0.3) is 0 Å². The molecule has 31 heavy (non-hydrogen) atoms. The zero-order valence-corrected chi connectivity index (χ0v) is 17.4. The molecule has 3 aromatic rings. The fraction of sp³-hybridized carbons (Fsp3) is 0.364. The van der Waals surface area contributed by atoms with Gasteiger partial charge in [-0.1, -0.05) is 0 Å². The summed E-state index contributed by atoms with van der Waals surface area (Å²) in [6.07, 6.45) is 1.60. The van der Waals surface area contributed by atoms with E-state index in [1.165, 1.54) is 12.1 Å². The minimum Gasteiger partial charge on any atom is -0.497 e. The Labute approximate surface area is 180 Å². The van der Waals surface area contributed by atoms with Crippen molar-refractivity contribution in [3.8, 4) is 11.4 Å². The van der Waals surface area contributed by atoms with Crippen LogP contribution >= 0.6 is 0 Å². The number of nitrogens with one attached hydrogen (secondary N) is 1. The summed E-state index contributed by atoms with van der Waals surface area (Å²) in [6, 6.07) is 12.8. The van der Waals surface area contributed by atoms with Gasteiger partial charge in [-0.25, -0.2) is 9.07 Å². The molecule has 9 heteroatoms. The Morgan fingerprint density at radius 2 is 1.81 bits per heavy atom. The number of anilines is 3. The van der Waals surface area contributed by atoms with E-state index in [1.807, 2.05) is 6.07 Å². The van der Waals surface area contributed by atoms with Gasteiger partial charge in [0.2, 0.25) is 5.95 Å². The summed E-state index contributed by atoms with van der Waals surface area (Å²) >= 11 is 0. The summed E-state index contributed by atoms with van der Waals surface area (Å²) in [5.41, 5.74) is 2.69. The Balaban J connectivity index is 1.30. The maximum atomic E-state index is 13.2. The molecular weight excluding hydrogens is 399 g/mol. The molecule has 0 unspecified atom stereocenters. The molecule has 2 fully saturated rings. The van der Waals surface area contributed by atoms with Gasteiger partial charge in [-0.3, -0.25) is 4.90 Å². The van der Waals surface area contributed by atoms with E-state index in [4.69, 9.17) is 9.47 Å². The summed E-state index contributed by atoms with van der Waals surface area (Å²) in [6.45, 7) is 5.67. The number of hydrogen-bond donors (Lipinski definition) is 1. The summed E-state index contributed by atoms with van der Waals surface area (Å²) in [5, 5.41) is 7.70. The predicted octanol–water partition coefficient (Wildman–Crippen LogP) is 2.68. The molecule has 0 atom stereocenters. The maximum Gasteiger partial charge on any atom is 0.246 e. The van der Waals surface area contributed by atoms with Gasteiger partial charge < -0.3 is 19.7 Å². The Kier molecular flexibility index (Phi) is 5.44. The molecule has 0 amide bonds.